The summed E-state index contributed by atoms with van der Waals surface area (Å²) in [6, 6.07) is 2.88. The normalized spacial score (nSPS) is 22.9. The molecule has 0 radical (unpaired) electrons. The van der Waals surface area contributed by atoms with Crippen LogP contribution in [0.3, 0.4) is 0 Å². The predicted octanol–water partition coefficient (Wildman–Crippen LogP) is 2.44. The summed E-state index contributed by atoms with van der Waals surface area (Å²) in [6.45, 7) is 2.91. The van der Waals surface area contributed by atoms with E-state index < -0.39 is 0 Å². The maximum Gasteiger partial charge on any atom is 0.220 e. The molecule has 1 aromatic heterocycles. The van der Waals surface area contributed by atoms with Crippen LogP contribution in [0.5, 0.6) is 0 Å². The van der Waals surface area contributed by atoms with E-state index in [9.17, 15) is 4.79 Å². The highest BCUT2D eigenvalue weighted by Gasteiger charge is 2.20. The molecule has 16 heavy (non-hydrogen) atoms. The van der Waals surface area contributed by atoms with E-state index in [1.54, 1.807) is 11.3 Å². The van der Waals surface area contributed by atoms with E-state index in [-0.39, 0.29) is 5.91 Å². The van der Waals surface area contributed by atoms with Crippen molar-refractivity contribution in [3.63, 3.8) is 0 Å². The molecule has 3 nitrogen and oxygen atoms in total. The summed E-state index contributed by atoms with van der Waals surface area (Å²) < 4.78 is 1.14. The summed E-state index contributed by atoms with van der Waals surface area (Å²) in [5.74, 6) is 0.171. The monoisotopic (exact) mass is 302 g/mol. The molecule has 1 fully saturated rings. The lowest BCUT2D eigenvalue weighted by atomic mass is 10.1. The van der Waals surface area contributed by atoms with Gasteiger partial charge in [-0.2, -0.15) is 0 Å². The Balaban J connectivity index is 1.87. The molecule has 0 bridgehead atoms. The van der Waals surface area contributed by atoms with Crippen molar-refractivity contribution < 1.29 is 4.79 Å². The lowest BCUT2D eigenvalue weighted by molar-refractivity contribution is -0.122. The number of carbonyl (C=O) groups is 1. The van der Waals surface area contributed by atoms with Gasteiger partial charge in [0.25, 0.3) is 0 Å². The third-order valence-electron chi connectivity index (χ3n) is 2.77. The number of piperidine rings is 1. The summed E-state index contributed by atoms with van der Waals surface area (Å²) in [7, 11) is 0. The Labute approximate surface area is 108 Å². The number of amides is 1. The van der Waals surface area contributed by atoms with Crippen LogP contribution in [-0.4, -0.2) is 18.5 Å². The molecule has 88 valence electrons. The van der Waals surface area contributed by atoms with Crippen LogP contribution in [0.2, 0.25) is 0 Å². The Hall–Kier alpha value is -0.390. The minimum Gasteiger partial charge on any atom is -0.355 e. The zero-order valence-electron chi connectivity index (χ0n) is 9.13. The van der Waals surface area contributed by atoms with Gasteiger partial charge in [0, 0.05) is 39.8 Å². The molecular formula is C11H15BrN2OS. The summed E-state index contributed by atoms with van der Waals surface area (Å²) in [4.78, 5) is 12.3. The molecule has 1 aromatic rings. The van der Waals surface area contributed by atoms with Gasteiger partial charge in [-0.15, -0.1) is 11.3 Å². The molecule has 1 aliphatic heterocycles. The number of rotatable bonds is 3. The van der Waals surface area contributed by atoms with E-state index in [0.29, 0.717) is 18.5 Å². The van der Waals surface area contributed by atoms with Crippen LogP contribution >= 0.6 is 27.3 Å². The topological polar surface area (TPSA) is 41.1 Å². The second kappa shape index (κ2) is 5.29. The van der Waals surface area contributed by atoms with Gasteiger partial charge in [-0.05, 0) is 35.3 Å². The van der Waals surface area contributed by atoms with Crippen LogP contribution in [0.4, 0.5) is 0 Å². The van der Waals surface area contributed by atoms with Crippen LogP contribution in [0.15, 0.2) is 15.9 Å². The van der Waals surface area contributed by atoms with Crippen molar-refractivity contribution in [1.29, 1.82) is 0 Å². The van der Waals surface area contributed by atoms with E-state index in [1.807, 2.05) is 0 Å². The predicted molar refractivity (Wildman–Crippen MR) is 69.6 cm³/mol. The zero-order valence-corrected chi connectivity index (χ0v) is 11.5. The van der Waals surface area contributed by atoms with E-state index in [4.69, 9.17) is 0 Å². The maximum atomic E-state index is 11.0. The van der Waals surface area contributed by atoms with Gasteiger partial charge in [0.2, 0.25) is 5.91 Å². The Morgan fingerprint density at radius 1 is 1.69 bits per heavy atom. The average Bonchev–Trinajstić information content (AvgIpc) is 2.68. The van der Waals surface area contributed by atoms with Gasteiger partial charge in [-0.1, -0.05) is 0 Å². The molecule has 2 unspecified atom stereocenters. The lowest BCUT2D eigenvalue weighted by Gasteiger charge is -2.26. The summed E-state index contributed by atoms with van der Waals surface area (Å²) >= 11 is 5.21. The third-order valence-corrected chi connectivity index (χ3v) is 4.64. The maximum absolute atomic E-state index is 11.0. The van der Waals surface area contributed by atoms with E-state index in [0.717, 1.165) is 17.4 Å². The largest absolute Gasteiger partial charge is 0.355 e. The molecule has 5 heteroatoms. The summed E-state index contributed by atoms with van der Waals surface area (Å²) in [5.41, 5.74) is 0. The van der Waals surface area contributed by atoms with Crippen molar-refractivity contribution in [2.24, 2.45) is 0 Å². The summed E-state index contributed by atoms with van der Waals surface area (Å²) in [5, 5.41) is 8.52. The van der Waals surface area contributed by atoms with Gasteiger partial charge < -0.3 is 10.6 Å². The van der Waals surface area contributed by atoms with Crippen molar-refractivity contribution in [3.05, 3.63) is 20.8 Å². The molecule has 1 amide bonds. The van der Waals surface area contributed by atoms with E-state index >= 15 is 0 Å². The molecule has 0 aliphatic carbocycles. The van der Waals surface area contributed by atoms with E-state index in [2.05, 4.69) is 44.9 Å². The molecular weight excluding hydrogens is 288 g/mol. The Kier molecular flexibility index (Phi) is 4.00. The van der Waals surface area contributed by atoms with Gasteiger partial charge in [0.1, 0.15) is 0 Å². The van der Waals surface area contributed by atoms with Crippen LogP contribution in [0.1, 0.15) is 30.7 Å². The van der Waals surface area contributed by atoms with Gasteiger partial charge in [-0.25, -0.2) is 0 Å². The molecule has 0 aromatic carbocycles. The van der Waals surface area contributed by atoms with Gasteiger partial charge in [-0.3, -0.25) is 4.79 Å². The number of carbonyl (C=O) groups excluding carboxylic acids is 1. The fourth-order valence-electron chi connectivity index (χ4n) is 1.87. The SMILES string of the molecule is CC(NC1CCC(=O)NC1)c1cc(Br)cs1. The van der Waals surface area contributed by atoms with Crippen LogP contribution in [0.25, 0.3) is 0 Å². The fourth-order valence-corrected chi connectivity index (χ4v) is 3.33. The Morgan fingerprint density at radius 2 is 2.50 bits per heavy atom. The quantitative estimate of drug-likeness (QED) is 0.900. The minimum absolute atomic E-state index is 0.171. The molecule has 0 spiro atoms. The van der Waals surface area contributed by atoms with Crippen molar-refractivity contribution in [2.45, 2.75) is 31.8 Å². The minimum atomic E-state index is 0.171. The highest BCUT2D eigenvalue weighted by atomic mass is 79.9. The Morgan fingerprint density at radius 3 is 3.06 bits per heavy atom. The molecule has 2 heterocycles. The molecule has 1 aliphatic rings. The van der Waals surface area contributed by atoms with Gasteiger partial charge in [0.05, 0.1) is 0 Å². The van der Waals surface area contributed by atoms with Gasteiger partial charge in [0.15, 0.2) is 0 Å². The number of nitrogens with one attached hydrogen (secondary N) is 2. The number of thiophene rings is 1. The molecule has 2 N–H and O–H groups in total. The van der Waals surface area contributed by atoms with Crippen LogP contribution < -0.4 is 10.6 Å². The second-order valence-corrected chi connectivity index (χ2v) is 5.95. The summed E-state index contributed by atoms with van der Waals surface area (Å²) in [6.07, 6.45) is 1.57. The first-order chi connectivity index (χ1) is 7.65. The first-order valence-corrected chi connectivity index (χ1v) is 7.09. The standard InChI is InChI=1S/C11H15BrN2OS/c1-7(10-4-8(12)6-16-10)14-9-2-3-11(15)13-5-9/h4,6-7,9,14H,2-3,5H2,1H3,(H,13,15). The van der Waals surface area contributed by atoms with Gasteiger partial charge >= 0.3 is 0 Å². The first-order valence-electron chi connectivity index (χ1n) is 5.42. The molecule has 0 saturated carbocycles. The molecule has 2 rings (SSSR count). The molecule has 1 saturated heterocycles. The number of hydrogen-bond donors (Lipinski definition) is 2. The third kappa shape index (κ3) is 3.06. The van der Waals surface area contributed by atoms with E-state index in [1.165, 1.54) is 4.88 Å². The highest BCUT2D eigenvalue weighted by molar-refractivity contribution is 9.10. The van der Waals surface area contributed by atoms with Crippen LogP contribution in [0, 0.1) is 0 Å². The zero-order chi connectivity index (χ0) is 11.5. The second-order valence-electron chi connectivity index (χ2n) is 4.10. The van der Waals surface area contributed by atoms with Crippen molar-refractivity contribution >= 4 is 33.2 Å². The van der Waals surface area contributed by atoms with Crippen molar-refractivity contribution in [1.82, 2.24) is 10.6 Å². The van der Waals surface area contributed by atoms with Crippen molar-refractivity contribution in [3.8, 4) is 0 Å². The average molecular weight is 303 g/mol. The highest BCUT2D eigenvalue weighted by Crippen LogP contribution is 2.26. The number of hydrogen-bond acceptors (Lipinski definition) is 3. The van der Waals surface area contributed by atoms with Crippen molar-refractivity contribution in [2.75, 3.05) is 6.54 Å². The fraction of sp³-hybridized carbons (Fsp3) is 0.545. The van der Waals surface area contributed by atoms with Crippen LogP contribution in [-0.2, 0) is 4.79 Å². The number of halogens is 1. The lowest BCUT2D eigenvalue weighted by Crippen LogP contribution is -2.46. The Bertz CT molecular complexity index is 370. The smallest absolute Gasteiger partial charge is 0.220 e. The first kappa shape index (κ1) is 12.1. The molecule has 2 atom stereocenters.